The standard InChI is InChI=1S/C16H17N3O2/c17-13-3-4-15-14(10-13)19-16(21-15)11-20-9-1-2-12-5-7-18-8-6-12/h3-8,10H,1-2,9,11,17H2. The van der Waals surface area contributed by atoms with Crippen molar-refractivity contribution in [3.8, 4) is 0 Å². The van der Waals surface area contributed by atoms with E-state index in [0.717, 1.165) is 23.9 Å². The summed E-state index contributed by atoms with van der Waals surface area (Å²) in [6.45, 7) is 1.05. The van der Waals surface area contributed by atoms with Crippen molar-refractivity contribution < 1.29 is 9.15 Å². The smallest absolute Gasteiger partial charge is 0.221 e. The molecular formula is C16H17N3O2. The van der Waals surface area contributed by atoms with Crippen LogP contribution in [0.3, 0.4) is 0 Å². The maximum Gasteiger partial charge on any atom is 0.221 e. The Balaban J connectivity index is 1.46. The highest BCUT2D eigenvalue weighted by Gasteiger charge is 2.05. The first-order valence-electron chi connectivity index (χ1n) is 6.93. The second-order valence-corrected chi connectivity index (χ2v) is 4.85. The third kappa shape index (κ3) is 3.58. The minimum atomic E-state index is 0.380. The molecule has 1 aromatic carbocycles. The maximum absolute atomic E-state index is 5.71. The van der Waals surface area contributed by atoms with Crippen LogP contribution in [0.15, 0.2) is 47.1 Å². The summed E-state index contributed by atoms with van der Waals surface area (Å²) in [4.78, 5) is 8.34. The van der Waals surface area contributed by atoms with E-state index < -0.39 is 0 Å². The summed E-state index contributed by atoms with van der Waals surface area (Å²) >= 11 is 0. The lowest BCUT2D eigenvalue weighted by atomic mass is 10.1. The molecule has 0 amide bonds. The number of hydrogen-bond acceptors (Lipinski definition) is 5. The molecule has 0 aliphatic carbocycles. The molecule has 0 unspecified atom stereocenters. The molecule has 108 valence electrons. The molecule has 0 saturated heterocycles. The van der Waals surface area contributed by atoms with E-state index in [-0.39, 0.29) is 0 Å². The van der Waals surface area contributed by atoms with E-state index >= 15 is 0 Å². The monoisotopic (exact) mass is 283 g/mol. The van der Waals surface area contributed by atoms with Gasteiger partial charge in [-0.05, 0) is 48.7 Å². The molecule has 3 rings (SSSR count). The number of nitrogen functional groups attached to an aromatic ring is 1. The van der Waals surface area contributed by atoms with Crippen LogP contribution in [0.25, 0.3) is 11.1 Å². The molecule has 2 heterocycles. The lowest BCUT2D eigenvalue weighted by Gasteiger charge is -2.01. The number of pyridine rings is 1. The number of rotatable bonds is 6. The van der Waals surface area contributed by atoms with Crippen LogP contribution in [0, 0.1) is 0 Å². The molecule has 0 saturated carbocycles. The molecule has 2 aromatic heterocycles. The molecule has 5 heteroatoms. The quantitative estimate of drug-likeness (QED) is 0.556. The molecule has 0 radical (unpaired) electrons. The molecule has 0 fully saturated rings. The fourth-order valence-electron chi connectivity index (χ4n) is 2.14. The predicted molar refractivity (Wildman–Crippen MR) is 80.6 cm³/mol. The second-order valence-electron chi connectivity index (χ2n) is 4.85. The largest absolute Gasteiger partial charge is 0.438 e. The molecule has 21 heavy (non-hydrogen) atoms. The van der Waals surface area contributed by atoms with Gasteiger partial charge in [-0.25, -0.2) is 4.98 Å². The second kappa shape index (κ2) is 6.37. The molecule has 5 nitrogen and oxygen atoms in total. The Bertz CT molecular complexity index is 710. The molecule has 3 aromatic rings. The van der Waals surface area contributed by atoms with E-state index in [1.807, 2.05) is 18.2 Å². The molecule has 0 bridgehead atoms. The zero-order chi connectivity index (χ0) is 14.5. The highest BCUT2D eigenvalue weighted by molar-refractivity contribution is 5.76. The Hall–Kier alpha value is -2.40. The number of benzene rings is 1. The lowest BCUT2D eigenvalue weighted by Crippen LogP contribution is -1.97. The zero-order valence-electron chi connectivity index (χ0n) is 11.7. The minimum Gasteiger partial charge on any atom is -0.438 e. The van der Waals surface area contributed by atoms with E-state index in [1.165, 1.54) is 5.56 Å². The van der Waals surface area contributed by atoms with Crippen LogP contribution in [0.4, 0.5) is 5.69 Å². The summed E-state index contributed by atoms with van der Waals surface area (Å²) in [5.74, 6) is 0.583. The Kier molecular flexibility index (Phi) is 4.12. The molecule has 0 spiro atoms. The van der Waals surface area contributed by atoms with Gasteiger partial charge in [0.05, 0.1) is 0 Å². The van der Waals surface area contributed by atoms with Gasteiger partial charge in [0.2, 0.25) is 5.89 Å². The number of hydrogen-bond donors (Lipinski definition) is 1. The number of nitrogens with zero attached hydrogens (tertiary/aromatic N) is 2. The number of oxazole rings is 1. The van der Waals surface area contributed by atoms with Gasteiger partial charge in [0.1, 0.15) is 12.1 Å². The van der Waals surface area contributed by atoms with Gasteiger partial charge in [0, 0.05) is 24.7 Å². The highest BCUT2D eigenvalue weighted by atomic mass is 16.5. The van der Waals surface area contributed by atoms with Gasteiger partial charge in [0.25, 0.3) is 0 Å². The van der Waals surface area contributed by atoms with Crippen LogP contribution in [-0.4, -0.2) is 16.6 Å². The van der Waals surface area contributed by atoms with E-state index in [1.54, 1.807) is 24.5 Å². The Morgan fingerprint density at radius 3 is 2.86 bits per heavy atom. The van der Waals surface area contributed by atoms with Crippen molar-refractivity contribution in [2.24, 2.45) is 0 Å². The average Bonchev–Trinajstić information content (AvgIpc) is 2.90. The van der Waals surface area contributed by atoms with Crippen LogP contribution >= 0.6 is 0 Å². The summed E-state index contributed by atoms with van der Waals surface area (Å²) in [7, 11) is 0. The maximum atomic E-state index is 5.71. The number of aryl methyl sites for hydroxylation is 1. The van der Waals surface area contributed by atoms with Crippen molar-refractivity contribution in [2.75, 3.05) is 12.3 Å². The van der Waals surface area contributed by atoms with E-state index in [9.17, 15) is 0 Å². The Morgan fingerprint density at radius 1 is 1.14 bits per heavy atom. The number of fused-ring (bicyclic) bond motifs is 1. The van der Waals surface area contributed by atoms with Crippen LogP contribution in [-0.2, 0) is 17.8 Å². The Morgan fingerprint density at radius 2 is 2.00 bits per heavy atom. The Labute approximate surface area is 122 Å². The normalized spacial score (nSPS) is 11.0. The van der Waals surface area contributed by atoms with Crippen LogP contribution in [0.2, 0.25) is 0 Å². The van der Waals surface area contributed by atoms with Gasteiger partial charge in [-0.1, -0.05) is 0 Å². The molecular weight excluding hydrogens is 266 g/mol. The predicted octanol–water partition coefficient (Wildman–Crippen LogP) is 2.95. The summed E-state index contributed by atoms with van der Waals surface area (Å²) < 4.78 is 11.2. The van der Waals surface area contributed by atoms with E-state index in [0.29, 0.717) is 24.8 Å². The van der Waals surface area contributed by atoms with Crippen molar-refractivity contribution in [1.29, 1.82) is 0 Å². The van der Waals surface area contributed by atoms with E-state index in [4.69, 9.17) is 14.9 Å². The number of anilines is 1. The fourth-order valence-corrected chi connectivity index (χ4v) is 2.14. The zero-order valence-corrected chi connectivity index (χ0v) is 11.7. The fraction of sp³-hybridized carbons (Fsp3) is 0.250. The first kappa shape index (κ1) is 13.6. The molecule has 0 aliphatic heterocycles. The third-order valence-electron chi connectivity index (χ3n) is 3.18. The van der Waals surface area contributed by atoms with E-state index in [2.05, 4.69) is 9.97 Å². The summed E-state index contributed by atoms with van der Waals surface area (Å²) in [5, 5.41) is 0. The van der Waals surface area contributed by atoms with Crippen LogP contribution in [0.1, 0.15) is 17.9 Å². The van der Waals surface area contributed by atoms with Crippen molar-refractivity contribution in [3.63, 3.8) is 0 Å². The van der Waals surface area contributed by atoms with Gasteiger partial charge in [-0.15, -0.1) is 0 Å². The number of aromatic nitrogens is 2. The SMILES string of the molecule is Nc1ccc2oc(COCCCc3ccncc3)nc2c1. The van der Waals surface area contributed by atoms with Crippen LogP contribution < -0.4 is 5.73 Å². The molecule has 2 N–H and O–H groups in total. The van der Waals surface area contributed by atoms with Crippen molar-refractivity contribution >= 4 is 16.8 Å². The lowest BCUT2D eigenvalue weighted by molar-refractivity contribution is 0.102. The van der Waals surface area contributed by atoms with Gasteiger partial charge >= 0.3 is 0 Å². The summed E-state index contributed by atoms with van der Waals surface area (Å²) in [6.07, 6.45) is 5.55. The molecule has 0 aliphatic rings. The third-order valence-corrected chi connectivity index (χ3v) is 3.18. The summed E-state index contributed by atoms with van der Waals surface area (Å²) in [6, 6.07) is 9.46. The van der Waals surface area contributed by atoms with Crippen molar-refractivity contribution in [3.05, 3.63) is 54.2 Å². The molecule has 0 atom stereocenters. The average molecular weight is 283 g/mol. The number of nitrogens with two attached hydrogens (primary N) is 1. The minimum absolute atomic E-state index is 0.380. The number of ether oxygens (including phenoxy) is 1. The van der Waals surface area contributed by atoms with Gasteiger partial charge in [0.15, 0.2) is 5.58 Å². The van der Waals surface area contributed by atoms with Crippen LogP contribution in [0.5, 0.6) is 0 Å². The topological polar surface area (TPSA) is 74.2 Å². The highest BCUT2D eigenvalue weighted by Crippen LogP contribution is 2.18. The van der Waals surface area contributed by atoms with Crippen molar-refractivity contribution in [1.82, 2.24) is 9.97 Å². The summed E-state index contributed by atoms with van der Waals surface area (Å²) in [5.41, 5.74) is 9.17. The van der Waals surface area contributed by atoms with Gasteiger partial charge in [-0.2, -0.15) is 0 Å². The van der Waals surface area contributed by atoms with Gasteiger partial charge in [-0.3, -0.25) is 4.98 Å². The first-order chi connectivity index (χ1) is 10.3. The first-order valence-corrected chi connectivity index (χ1v) is 6.93. The van der Waals surface area contributed by atoms with Crippen molar-refractivity contribution in [2.45, 2.75) is 19.4 Å². The van der Waals surface area contributed by atoms with Gasteiger partial charge < -0.3 is 14.9 Å².